The third-order valence-corrected chi connectivity index (χ3v) is 5.73. The van der Waals surface area contributed by atoms with Gasteiger partial charge in [-0.2, -0.15) is 0 Å². The number of aliphatic hydroxyl groups is 1. The first-order valence-electron chi connectivity index (χ1n) is 10.3. The second kappa shape index (κ2) is 10.5. The van der Waals surface area contributed by atoms with Gasteiger partial charge in [0.25, 0.3) is 0 Å². The third kappa shape index (κ3) is 5.99. The summed E-state index contributed by atoms with van der Waals surface area (Å²) in [5.74, 6) is -1.56. The lowest BCUT2D eigenvalue weighted by molar-refractivity contribution is -0.141. The van der Waals surface area contributed by atoms with E-state index in [1.165, 1.54) is 11.8 Å². The summed E-state index contributed by atoms with van der Waals surface area (Å²) in [5.41, 5.74) is 1.44. The summed E-state index contributed by atoms with van der Waals surface area (Å²) in [6, 6.07) is 13.6. The van der Waals surface area contributed by atoms with E-state index in [1.54, 1.807) is 24.3 Å². The van der Waals surface area contributed by atoms with Crippen LogP contribution in [0.15, 0.2) is 54.6 Å². The molecule has 8 nitrogen and oxygen atoms in total. The molecule has 3 rings (SSSR count). The van der Waals surface area contributed by atoms with Crippen LogP contribution < -0.4 is 10.6 Å². The van der Waals surface area contributed by atoms with Crippen LogP contribution in [0, 0.1) is 0 Å². The van der Waals surface area contributed by atoms with Crippen LogP contribution in [0.3, 0.4) is 0 Å². The predicted molar refractivity (Wildman–Crippen MR) is 121 cm³/mol. The molecule has 1 saturated heterocycles. The first-order chi connectivity index (χ1) is 15.2. The van der Waals surface area contributed by atoms with E-state index in [0.717, 1.165) is 5.56 Å². The molecule has 0 spiro atoms. The Kier molecular flexibility index (Phi) is 7.71. The molecule has 32 heavy (non-hydrogen) atoms. The number of amides is 3. The molecule has 2 aromatic carbocycles. The second-order valence-corrected chi connectivity index (χ2v) is 8.35. The number of nitrogens with one attached hydrogen (secondary N) is 2. The zero-order chi connectivity index (χ0) is 23.3. The monoisotopic (exact) mass is 459 g/mol. The summed E-state index contributed by atoms with van der Waals surface area (Å²) in [6.45, 7) is 1.71. The molecule has 0 aromatic heterocycles. The average Bonchev–Trinajstić information content (AvgIpc) is 3.15. The van der Waals surface area contributed by atoms with Crippen molar-refractivity contribution >= 4 is 35.2 Å². The minimum absolute atomic E-state index is 0.0283. The number of likely N-dealkylation sites (tertiary alicyclic amines) is 1. The van der Waals surface area contributed by atoms with E-state index in [0.29, 0.717) is 23.7 Å². The predicted octanol–water partition coefficient (Wildman–Crippen LogP) is 3.07. The van der Waals surface area contributed by atoms with Gasteiger partial charge in [-0.25, -0.2) is 4.79 Å². The number of benzene rings is 2. The van der Waals surface area contributed by atoms with Gasteiger partial charge in [-0.05, 0) is 37.1 Å². The Morgan fingerprint density at radius 1 is 1.16 bits per heavy atom. The molecule has 1 fully saturated rings. The van der Waals surface area contributed by atoms with Crippen LogP contribution in [-0.2, 0) is 9.59 Å². The van der Waals surface area contributed by atoms with Gasteiger partial charge in [0.05, 0.1) is 12.5 Å². The SMILES string of the molecule is CC(O)C(NC(=O)Nc1cccc(Cl)c1)C(=O)N1C[C@@H](c2ccccc2)C[C@@H]1CC(=O)O. The van der Waals surface area contributed by atoms with Gasteiger partial charge in [-0.3, -0.25) is 9.59 Å². The molecular weight excluding hydrogens is 434 g/mol. The van der Waals surface area contributed by atoms with Gasteiger partial charge >= 0.3 is 12.0 Å². The van der Waals surface area contributed by atoms with Crippen molar-refractivity contribution in [2.24, 2.45) is 0 Å². The van der Waals surface area contributed by atoms with E-state index in [2.05, 4.69) is 10.6 Å². The van der Waals surface area contributed by atoms with Crippen LogP contribution in [0.2, 0.25) is 5.02 Å². The van der Waals surface area contributed by atoms with Crippen molar-refractivity contribution in [2.75, 3.05) is 11.9 Å². The van der Waals surface area contributed by atoms with Crippen molar-refractivity contribution in [2.45, 2.75) is 43.9 Å². The van der Waals surface area contributed by atoms with Crippen molar-refractivity contribution in [1.82, 2.24) is 10.2 Å². The van der Waals surface area contributed by atoms with Crippen LogP contribution in [0.4, 0.5) is 10.5 Å². The standard InChI is InChI=1S/C23H26ClN3O5/c1-14(28)21(26-23(32)25-18-9-5-8-17(24)11-18)22(31)27-13-16(10-19(27)12-20(29)30)15-6-3-2-4-7-15/h2-9,11,14,16,19,21,28H,10,12-13H2,1H3,(H,29,30)(H2,25,26,32)/t14?,16-,19+,21?/m0/s1. The van der Waals surface area contributed by atoms with Crippen molar-refractivity contribution < 1.29 is 24.6 Å². The van der Waals surface area contributed by atoms with Crippen LogP contribution in [0.25, 0.3) is 0 Å². The normalized spacial score (nSPS) is 19.8. The highest BCUT2D eigenvalue weighted by atomic mass is 35.5. The van der Waals surface area contributed by atoms with Crippen molar-refractivity contribution in [1.29, 1.82) is 0 Å². The first kappa shape index (κ1) is 23.6. The zero-order valence-corrected chi connectivity index (χ0v) is 18.3. The Morgan fingerprint density at radius 2 is 1.88 bits per heavy atom. The van der Waals surface area contributed by atoms with Gasteiger partial charge in [-0.15, -0.1) is 0 Å². The molecule has 2 aromatic rings. The zero-order valence-electron chi connectivity index (χ0n) is 17.6. The summed E-state index contributed by atoms with van der Waals surface area (Å²) >= 11 is 5.92. The molecule has 0 radical (unpaired) electrons. The summed E-state index contributed by atoms with van der Waals surface area (Å²) in [5, 5.41) is 25.1. The molecule has 170 valence electrons. The molecule has 0 bridgehead atoms. The highest BCUT2D eigenvalue weighted by molar-refractivity contribution is 6.30. The fourth-order valence-corrected chi connectivity index (χ4v) is 4.18. The van der Waals surface area contributed by atoms with E-state index >= 15 is 0 Å². The maximum absolute atomic E-state index is 13.3. The van der Waals surface area contributed by atoms with E-state index < -0.39 is 36.1 Å². The number of rotatable bonds is 7. The lowest BCUT2D eigenvalue weighted by Gasteiger charge is -2.30. The maximum atomic E-state index is 13.3. The second-order valence-electron chi connectivity index (χ2n) is 7.91. The third-order valence-electron chi connectivity index (χ3n) is 5.50. The highest BCUT2D eigenvalue weighted by Crippen LogP contribution is 2.33. The van der Waals surface area contributed by atoms with Gasteiger partial charge < -0.3 is 25.7 Å². The molecule has 0 aliphatic carbocycles. The molecule has 9 heteroatoms. The van der Waals surface area contributed by atoms with E-state index in [9.17, 15) is 24.6 Å². The number of urea groups is 1. The van der Waals surface area contributed by atoms with Crippen LogP contribution in [0.1, 0.15) is 31.2 Å². The van der Waals surface area contributed by atoms with Crippen LogP contribution in [-0.4, -0.2) is 57.8 Å². The Balaban J connectivity index is 1.75. The Bertz CT molecular complexity index is 969. The molecule has 1 heterocycles. The van der Waals surface area contributed by atoms with E-state index in [1.807, 2.05) is 30.3 Å². The van der Waals surface area contributed by atoms with E-state index in [-0.39, 0.29) is 12.3 Å². The van der Waals surface area contributed by atoms with Crippen molar-refractivity contribution in [3.8, 4) is 0 Å². The molecule has 1 aliphatic rings. The minimum Gasteiger partial charge on any atom is -0.481 e. The maximum Gasteiger partial charge on any atom is 0.319 e. The average molecular weight is 460 g/mol. The molecule has 3 amide bonds. The number of hydrogen-bond donors (Lipinski definition) is 4. The Labute approximate surface area is 191 Å². The first-order valence-corrected chi connectivity index (χ1v) is 10.7. The number of aliphatic hydroxyl groups excluding tert-OH is 1. The van der Waals surface area contributed by atoms with Gasteiger partial charge in [-0.1, -0.05) is 48.0 Å². The minimum atomic E-state index is -1.24. The lowest BCUT2D eigenvalue weighted by Crippen LogP contribution is -2.55. The molecule has 4 atom stereocenters. The number of hydrogen-bond acceptors (Lipinski definition) is 4. The Morgan fingerprint density at radius 3 is 2.50 bits per heavy atom. The summed E-state index contributed by atoms with van der Waals surface area (Å²) < 4.78 is 0. The van der Waals surface area contributed by atoms with Gasteiger partial charge in [0.2, 0.25) is 5.91 Å². The number of carboxylic acids is 1. The van der Waals surface area contributed by atoms with Gasteiger partial charge in [0.15, 0.2) is 0 Å². The summed E-state index contributed by atoms with van der Waals surface area (Å²) in [7, 11) is 0. The number of nitrogens with zero attached hydrogens (tertiary/aromatic N) is 1. The summed E-state index contributed by atoms with van der Waals surface area (Å²) in [4.78, 5) is 38.6. The quantitative estimate of drug-likeness (QED) is 0.507. The number of aliphatic carboxylic acids is 1. The van der Waals surface area contributed by atoms with E-state index in [4.69, 9.17) is 11.6 Å². The highest BCUT2D eigenvalue weighted by Gasteiger charge is 2.41. The molecule has 4 N–H and O–H groups in total. The van der Waals surface area contributed by atoms with Gasteiger partial charge in [0.1, 0.15) is 6.04 Å². The smallest absolute Gasteiger partial charge is 0.319 e. The van der Waals surface area contributed by atoms with Crippen LogP contribution in [0.5, 0.6) is 0 Å². The van der Waals surface area contributed by atoms with Crippen molar-refractivity contribution in [3.05, 3.63) is 65.2 Å². The topological polar surface area (TPSA) is 119 Å². The van der Waals surface area contributed by atoms with Gasteiger partial charge in [0, 0.05) is 29.2 Å². The number of halogens is 1. The largest absolute Gasteiger partial charge is 0.481 e. The fraction of sp³-hybridized carbons (Fsp3) is 0.348. The fourth-order valence-electron chi connectivity index (χ4n) is 3.99. The molecule has 2 unspecified atom stereocenters. The Hall–Kier alpha value is -3.10. The molecule has 0 saturated carbocycles. The number of anilines is 1. The lowest BCUT2D eigenvalue weighted by atomic mass is 9.95. The molecule has 1 aliphatic heterocycles. The number of carbonyl (C=O) groups is 3. The van der Waals surface area contributed by atoms with Crippen molar-refractivity contribution in [3.63, 3.8) is 0 Å². The number of carboxylic acid groups (broad SMARTS) is 1. The number of carbonyl (C=O) groups excluding carboxylic acids is 2. The molecular formula is C23H26ClN3O5. The summed E-state index contributed by atoms with van der Waals surface area (Å²) in [6.07, 6.45) is -0.909. The van der Waals surface area contributed by atoms with Crippen LogP contribution >= 0.6 is 11.6 Å².